The quantitative estimate of drug-likeness (QED) is 0.636. The van der Waals surface area contributed by atoms with Crippen LogP contribution in [0.5, 0.6) is 0 Å². The summed E-state index contributed by atoms with van der Waals surface area (Å²) in [7, 11) is 1.77. The van der Waals surface area contributed by atoms with Crippen LogP contribution in [0.3, 0.4) is 0 Å². The maximum atomic E-state index is 13.0. The van der Waals surface area contributed by atoms with Crippen LogP contribution in [0.4, 0.5) is 4.39 Å². The maximum absolute atomic E-state index is 13.0. The van der Waals surface area contributed by atoms with E-state index in [1.165, 1.54) is 24.3 Å². The van der Waals surface area contributed by atoms with Crippen molar-refractivity contribution in [2.24, 2.45) is 7.05 Å². The number of carbonyl (C=O) groups excluding carboxylic acids is 2. The van der Waals surface area contributed by atoms with Gasteiger partial charge in [-0.25, -0.2) is 4.39 Å². The van der Waals surface area contributed by atoms with Gasteiger partial charge in [-0.2, -0.15) is 5.10 Å². The lowest BCUT2D eigenvalue weighted by Gasteiger charge is -2.39. The van der Waals surface area contributed by atoms with Crippen LogP contribution in [0.2, 0.25) is 0 Å². The summed E-state index contributed by atoms with van der Waals surface area (Å²) in [5.41, 5.74) is 0.894. The van der Waals surface area contributed by atoms with E-state index in [1.807, 2.05) is 11.8 Å². The average molecular weight is 476 g/mol. The average Bonchev–Trinajstić information content (AvgIpc) is 2.93. The minimum atomic E-state index is -0.358. The van der Waals surface area contributed by atoms with Crippen LogP contribution in [-0.4, -0.2) is 63.5 Å². The highest BCUT2D eigenvalue weighted by Gasteiger charge is 2.31. The molecular formula is C19H25BrClFN4O2. The molecule has 3 rings (SSSR count). The van der Waals surface area contributed by atoms with E-state index in [0.717, 1.165) is 0 Å². The summed E-state index contributed by atoms with van der Waals surface area (Å²) in [5, 5.41) is 4.21. The highest BCUT2D eigenvalue weighted by molar-refractivity contribution is 9.10. The zero-order valence-corrected chi connectivity index (χ0v) is 17.5. The second kappa shape index (κ2) is 10.1. The largest absolute Gasteiger partial charge is 0.332 e. The van der Waals surface area contributed by atoms with Crippen LogP contribution >= 0.6 is 28.3 Å². The molecule has 1 aromatic heterocycles. The van der Waals surface area contributed by atoms with E-state index in [2.05, 4.69) is 21.0 Å². The number of halogens is 3. The molecule has 1 fully saturated rings. The van der Waals surface area contributed by atoms with Crippen LogP contribution in [0, 0.1) is 5.82 Å². The van der Waals surface area contributed by atoms with E-state index in [1.54, 1.807) is 22.8 Å². The van der Waals surface area contributed by atoms with Gasteiger partial charge < -0.3 is 4.90 Å². The first-order chi connectivity index (χ1) is 12.3. The molecule has 0 aliphatic carbocycles. The Bertz CT molecular complexity index is 828. The summed E-state index contributed by atoms with van der Waals surface area (Å²) in [6.45, 7) is 3.95. The number of piperazine rings is 1. The molecule has 28 heavy (non-hydrogen) atoms. The molecule has 0 radical (unpaired) electrons. The van der Waals surface area contributed by atoms with Crippen molar-refractivity contribution in [3.05, 3.63) is 52.0 Å². The second-order valence-electron chi connectivity index (χ2n) is 6.51. The van der Waals surface area contributed by atoms with Crippen molar-refractivity contribution in [2.75, 3.05) is 26.2 Å². The predicted octanol–water partition coefficient (Wildman–Crippen LogP) is 3.41. The molecule has 0 N–H and O–H groups in total. The lowest BCUT2D eigenvalue weighted by atomic mass is 10.1. The van der Waals surface area contributed by atoms with Crippen molar-refractivity contribution in [2.45, 2.75) is 20.4 Å². The maximum Gasteiger partial charge on any atom is 0.275 e. The number of aromatic nitrogens is 2. The van der Waals surface area contributed by atoms with Crippen molar-refractivity contribution < 1.29 is 14.0 Å². The van der Waals surface area contributed by atoms with E-state index < -0.39 is 0 Å². The highest BCUT2D eigenvalue weighted by atomic mass is 79.9. The van der Waals surface area contributed by atoms with Crippen LogP contribution in [-0.2, 0) is 7.05 Å². The Morgan fingerprint density at radius 1 is 1.25 bits per heavy atom. The minimum absolute atomic E-state index is 0. The number of rotatable bonds is 4. The Labute approximate surface area is 179 Å². The smallest absolute Gasteiger partial charge is 0.275 e. The van der Waals surface area contributed by atoms with Gasteiger partial charge in [-0.05, 0) is 47.1 Å². The summed E-state index contributed by atoms with van der Waals surface area (Å²) in [4.78, 5) is 28.9. The second-order valence-corrected chi connectivity index (χ2v) is 7.37. The minimum Gasteiger partial charge on any atom is -0.332 e. The van der Waals surface area contributed by atoms with Crippen LogP contribution in [0.15, 0.2) is 34.9 Å². The third-order valence-corrected chi connectivity index (χ3v) is 5.07. The Morgan fingerprint density at radius 2 is 1.89 bits per heavy atom. The third kappa shape index (κ3) is 5.40. The molecule has 1 aliphatic rings. The summed E-state index contributed by atoms with van der Waals surface area (Å²) in [6, 6.07) is 5.54. The lowest BCUT2D eigenvalue weighted by Crippen LogP contribution is -2.55. The van der Waals surface area contributed by atoms with Crippen LogP contribution in [0.1, 0.15) is 35.2 Å². The van der Waals surface area contributed by atoms with E-state index in [-0.39, 0.29) is 49.9 Å². The summed E-state index contributed by atoms with van der Waals surface area (Å²) in [5.74, 6) is -0.526. The first-order valence-electron chi connectivity index (χ1n) is 8.36. The number of hydrogen-bond donors (Lipinski definition) is 0. The van der Waals surface area contributed by atoms with Crippen molar-refractivity contribution in [3.63, 3.8) is 0 Å². The molecule has 2 aromatic rings. The molecule has 1 atom stereocenters. The third-order valence-electron chi connectivity index (χ3n) is 4.49. The van der Waals surface area contributed by atoms with Gasteiger partial charge >= 0.3 is 0 Å². The van der Waals surface area contributed by atoms with Gasteiger partial charge in [0, 0.05) is 44.5 Å². The van der Waals surface area contributed by atoms with Gasteiger partial charge in [0.2, 0.25) is 0 Å². The molecule has 0 unspecified atom stereocenters. The van der Waals surface area contributed by atoms with Gasteiger partial charge in [-0.15, -0.1) is 12.4 Å². The van der Waals surface area contributed by atoms with E-state index in [0.29, 0.717) is 35.4 Å². The SMILES string of the molecule is C.C[C@@H]1CN(CC(=O)c2ccc(F)cc2)CCN1C(=O)c1nn(C)cc1Br.Cl. The summed E-state index contributed by atoms with van der Waals surface area (Å²) >= 11 is 3.37. The van der Waals surface area contributed by atoms with Gasteiger partial charge in [-0.1, -0.05) is 7.43 Å². The number of Topliss-reactive ketones (excluding diaryl/α,β-unsaturated/α-hetero) is 1. The molecular weight excluding hydrogens is 451 g/mol. The zero-order chi connectivity index (χ0) is 18.8. The van der Waals surface area contributed by atoms with Crippen LogP contribution in [0.25, 0.3) is 0 Å². The van der Waals surface area contributed by atoms with Gasteiger partial charge in [0.05, 0.1) is 11.0 Å². The number of nitrogens with zero attached hydrogens (tertiary/aromatic N) is 4. The van der Waals surface area contributed by atoms with E-state index in [9.17, 15) is 14.0 Å². The number of ketones is 1. The molecule has 154 valence electrons. The van der Waals surface area contributed by atoms with Crippen molar-refractivity contribution in [3.8, 4) is 0 Å². The monoisotopic (exact) mass is 474 g/mol. The van der Waals surface area contributed by atoms with Gasteiger partial charge in [0.25, 0.3) is 5.91 Å². The van der Waals surface area contributed by atoms with Crippen LogP contribution < -0.4 is 0 Å². The molecule has 6 nitrogen and oxygen atoms in total. The van der Waals surface area contributed by atoms with Crippen molar-refractivity contribution in [1.82, 2.24) is 19.6 Å². The topological polar surface area (TPSA) is 58.4 Å². The molecule has 2 heterocycles. The fourth-order valence-electron chi connectivity index (χ4n) is 3.15. The molecule has 1 saturated heterocycles. The van der Waals surface area contributed by atoms with Gasteiger partial charge in [0.15, 0.2) is 11.5 Å². The highest BCUT2D eigenvalue weighted by Crippen LogP contribution is 2.20. The molecule has 0 saturated carbocycles. The molecule has 0 bridgehead atoms. The molecule has 1 amide bonds. The normalized spacial score (nSPS) is 16.9. The van der Waals surface area contributed by atoms with E-state index >= 15 is 0 Å². The molecule has 1 aliphatic heterocycles. The Kier molecular flexibility index (Phi) is 8.78. The Hall–Kier alpha value is -1.77. The van der Waals surface area contributed by atoms with Gasteiger partial charge in [0.1, 0.15) is 5.82 Å². The number of aryl methyl sites for hydroxylation is 1. The lowest BCUT2D eigenvalue weighted by molar-refractivity contribution is 0.0476. The zero-order valence-electron chi connectivity index (χ0n) is 15.1. The predicted molar refractivity (Wildman–Crippen MR) is 113 cm³/mol. The molecule has 9 heteroatoms. The summed E-state index contributed by atoms with van der Waals surface area (Å²) in [6.07, 6.45) is 1.75. The van der Waals surface area contributed by atoms with Crippen molar-refractivity contribution in [1.29, 1.82) is 0 Å². The van der Waals surface area contributed by atoms with E-state index in [4.69, 9.17) is 0 Å². The molecule has 0 spiro atoms. The summed E-state index contributed by atoms with van der Waals surface area (Å²) < 4.78 is 15.2. The molecule has 1 aromatic carbocycles. The standard InChI is InChI=1S/C18H20BrFN4O2.CH4.ClH/c1-12-9-23(11-16(25)13-3-5-14(20)6-4-13)7-8-24(12)18(26)17-15(19)10-22(2)21-17;;/h3-6,10,12H,7-9,11H2,1-2H3;1H4;1H/t12-;;/m1../s1. The van der Waals surface area contributed by atoms with Crippen molar-refractivity contribution >= 4 is 40.0 Å². The number of carbonyl (C=O) groups is 2. The number of hydrogen-bond acceptors (Lipinski definition) is 4. The number of benzene rings is 1. The first-order valence-corrected chi connectivity index (χ1v) is 9.15. The Balaban J connectivity index is 0.00000196. The fraction of sp³-hybridized carbons (Fsp3) is 0.421. The first kappa shape index (κ1) is 24.3. The van der Waals surface area contributed by atoms with Gasteiger partial charge in [-0.3, -0.25) is 19.2 Å². The number of amides is 1. The fourth-order valence-corrected chi connectivity index (χ4v) is 3.69. The Morgan fingerprint density at radius 3 is 2.43 bits per heavy atom.